The van der Waals surface area contributed by atoms with Crippen molar-refractivity contribution in [2.75, 3.05) is 13.2 Å². The molecule has 0 saturated carbocycles. The van der Waals surface area contributed by atoms with Crippen LogP contribution in [0.3, 0.4) is 0 Å². The highest BCUT2D eigenvalue weighted by molar-refractivity contribution is 5.87. The van der Waals surface area contributed by atoms with E-state index in [1.54, 1.807) is 0 Å². The summed E-state index contributed by atoms with van der Waals surface area (Å²) in [5.41, 5.74) is 4.97. The zero-order valence-electron chi connectivity index (χ0n) is 15.5. The lowest BCUT2D eigenvalue weighted by atomic mass is 10.00. The monoisotopic (exact) mass is 352 g/mol. The Balaban J connectivity index is 1.86. The van der Waals surface area contributed by atoms with Crippen LogP contribution in [-0.4, -0.2) is 24.3 Å². The summed E-state index contributed by atoms with van der Waals surface area (Å²) < 4.78 is 5.07. The van der Waals surface area contributed by atoms with Crippen LogP contribution in [0, 0.1) is 0 Å². The maximum absolute atomic E-state index is 11.4. The zero-order valence-corrected chi connectivity index (χ0v) is 15.5. The van der Waals surface area contributed by atoms with Crippen molar-refractivity contribution in [2.45, 2.75) is 39.0 Å². The highest BCUT2D eigenvalue weighted by atomic mass is 16.5. The summed E-state index contributed by atoms with van der Waals surface area (Å²) in [7, 11) is 0. The van der Waals surface area contributed by atoms with Gasteiger partial charge in [0.1, 0.15) is 0 Å². The van der Waals surface area contributed by atoms with Crippen molar-refractivity contribution in [1.29, 1.82) is 0 Å². The summed E-state index contributed by atoms with van der Waals surface area (Å²) in [6.07, 6.45) is 5.57. The highest BCUT2D eigenvalue weighted by Crippen LogP contribution is 2.21. The van der Waals surface area contributed by atoms with Crippen molar-refractivity contribution in [1.82, 2.24) is 0 Å². The third-order valence-electron chi connectivity index (χ3n) is 4.41. The molecule has 0 heterocycles. The normalized spacial score (nSPS) is 10.5. The summed E-state index contributed by atoms with van der Waals surface area (Å²) in [5.74, 6) is -0.539. The summed E-state index contributed by atoms with van der Waals surface area (Å²) >= 11 is 0. The molecule has 0 amide bonds. The number of hydrogen-bond acceptors (Lipinski definition) is 3. The molecule has 0 aromatic heterocycles. The standard InChI is InChI=1S/C23H28O3/c1-3-4-5-6-19-7-11-21(12-8-19)22-13-9-20(10-14-22)15-16-26-23(25)18(2)17-24/h7-14,24H,2-6,15-17H2,1H3. The minimum Gasteiger partial charge on any atom is -0.462 e. The number of carbonyl (C=O) groups excluding carboxylic acids is 1. The van der Waals surface area contributed by atoms with E-state index >= 15 is 0 Å². The lowest BCUT2D eigenvalue weighted by molar-refractivity contribution is -0.139. The Morgan fingerprint density at radius 2 is 1.46 bits per heavy atom. The van der Waals surface area contributed by atoms with Crippen LogP contribution >= 0.6 is 0 Å². The average molecular weight is 352 g/mol. The second-order valence-corrected chi connectivity index (χ2v) is 6.50. The number of aliphatic hydroxyl groups is 1. The van der Waals surface area contributed by atoms with Crippen LogP contribution in [0.1, 0.15) is 37.3 Å². The number of esters is 1. The highest BCUT2D eigenvalue weighted by Gasteiger charge is 2.07. The Hall–Kier alpha value is -2.39. The van der Waals surface area contributed by atoms with Crippen LogP contribution in [0.4, 0.5) is 0 Å². The van der Waals surface area contributed by atoms with Gasteiger partial charge in [0.2, 0.25) is 0 Å². The summed E-state index contributed by atoms with van der Waals surface area (Å²) in [6, 6.07) is 17.1. The molecular weight excluding hydrogens is 324 g/mol. The topological polar surface area (TPSA) is 46.5 Å². The molecule has 0 saturated heterocycles. The van der Waals surface area contributed by atoms with Gasteiger partial charge in [0.25, 0.3) is 0 Å². The molecule has 3 heteroatoms. The molecule has 0 aliphatic carbocycles. The first kappa shape index (κ1) is 19.9. The fourth-order valence-corrected chi connectivity index (χ4v) is 2.74. The van der Waals surface area contributed by atoms with Gasteiger partial charge in [-0.1, -0.05) is 74.9 Å². The number of hydrogen-bond donors (Lipinski definition) is 1. The second kappa shape index (κ2) is 10.6. The third-order valence-corrected chi connectivity index (χ3v) is 4.41. The van der Waals surface area contributed by atoms with E-state index in [1.807, 2.05) is 0 Å². The molecule has 0 aliphatic rings. The molecule has 0 atom stereocenters. The smallest absolute Gasteiger partial charge is 0.335 e. The van der Waals surface area contributed by atoms with Crippen molar-refractivity contribution in [3.05, 3.63) is 71.8 Å². The van der Waals surface area contributed by atoms with E-state index in [1.165, 1.54) is 36.0 Å². The molecule has 138 valence electrons. The largest absolute Gasteiger partial charge is 0.462 e. The molecule has 1 N–H and O–H groups in total. The molecule has 2 aromatic carbocycles. The molecule has 0 unspecified atom stereocenters. The minimum absolute atomic E-state index is 0.0819. The van der Waals surface area contributed by atoms with Gasteiger partial charge in [0.15, 0.2) is 0 Å². The van der Waals surface area contributed by atoms with Crippen molar-refractivity contribution < 1.29 is 14.6 Å². The quantitative estimate of drug-likeness (QED) is 0.382. The molecular formula is C23H28O3. The summed E-state index contributed by atoms with van der Waals surface area (Å²) in [4.78, 5) is 11.4. The third kappa shape index (κ3) is 6.16. The first-order valence-corrected chi connectivity index (χ1v) is 9.28. The number of rotatable bonds is 10. The van der Waals surface area contributed by atoms with E-state index < -0.39 is 5.97 Å². The Morgan fingerprint density at radius 1 is 0.923 bits per heavy atom. The number of carbonyl (C=O) groups is 1. The molecule has 0 bridgehead atoms. The van der Waals surface area contributed by atoms with Crippen LogP contribution in [0.15, 0.2) is 60.7 Å². The van der Waals surface area contributed by atoms with E-state index in [0.29, 0.717) is 6.42 Å². The SMILES string of the molecule is C=C(CO)C(=O)OCCc1ccc(-c2ccc(CCCCC)cc2)cc1. The fourth-order valence-electron chi connectivity index (χ4n) is 2.74. The van der Waals surface area contributed by atoms with E-state index in [9.17, 15) is 4.79 Å². The Bertz CT molecular complexity index is 699. The minimum atomic E-state index is -0.539. The first-order valence-electron chi connectivity index (χ1n) is 9.28. The average Bonchev–Trinajstić information content (AvgIpc) is 2.68. The Labute approximate surface area is 156 Å². The van der Waals surface area contributed by atoms with Gasteiger partial charge < -0.3 is 9.84 Å². The molecule has 0 radical (unpaired) electrons. The number of benzene rings is 2. The summed E-state index contributed by atoms with van der Waals surface area (Å²) in [6.45, 7) is 5.58. The predicted molar refractivity (Wildman–Crippen MR) is 106 cm³/mol. The van der Waals surface area contributed by atoms with Gasteiger partial charge in [-0.25, -0.2) is 4.79 Å². The zero-order chi connectivity index (χ0) is 18.8. The van der Waals surface area contributed by atoms with Crippen molar-refractivity contribution in [3.8, 4) is 11.1 Å². The van der Waals surface area contributed by atoms with Gasteiger partial charge >= 0.3 is 5.97 Å². The van der Waals surface area contributed by atoms with Gasteiger partial charge in [-0.15, -0.1) is 0 Å². The van der Waals surface area contributed by atoms with Crippen LogP contribution in [0.25, 0.3) is 11.1 Å². The van der Waals surface area contributed by atoms with Gasteiger partial charge in [-0.05, 0) is 35.1 Å². The fraction of sp³-hybridized carbons (Fsp3) is 0.348. The lowest BCUT2D eigenvalue weighted by Crippen LogP contribution is -2.11. The van der Waals surface area contributed by atoms with E-state index in [2.05, 4.69) is 62.0 Å². The van der Waals surface area contributed by atoms with E-state index in [4.69, 9.17) is 9.84 Å². The molecule has 2 aromatic rings. The first-order chi connectivity index (χ1) is 12.6. The van der Waals surface area contributed by atoms with E-state index in [0.717, 1.165) is 12.0 Å². The van der Waals surface area contributed by atoms with Crippen LogP contribution in [-0.2, 0) is 22.4 Å². The Morgan fingerprint density at radius 3 is 1.96 bits per heavy atom. The maximum Gasteiger partial charge on any atom is 0.335 e. The van der Waals surface area contributed by atoms with Crippen molar-refractivity contribution >= 4 is 5.97 Å². The molecule has 26 heavy (non-hydrogen) atoms. The summed E-state index contributed by atoms with van der Waals surface area (Å²) in [5, 5.41) is 8.83. The van der Waals surface area contributed by atoms with Crippen LogP contribution in [0.2, 0.25) is 0 Å². The molecule has 0 aliphatic heterocycles. The van der Waals surface area contributed by atoms with Crippen molar-refractivity contribution in [3.63, 3.8) is 0 Å². The Kier molecular flexibility index (Phi) is 8.10. The molecule has 0 fully saturated rings. The predicted octanol–water partition coefficient (Wildman–Crippen LogP) is 4.72. The number of unbranched alkanes of at least 4 members (excludes halogenated alkanes) is 2. The lowest BCUT2D eigenvalue weighted by Gasteiger charge is -2.07. The number of ether oxygens (including phenoxy) is 1. The molecule has 0 spiro atoms. The van der Waals surface area contributed by atoms with Gasteiger partial charge in [-0.3, -0.25) is 0 Å². The van der Waals surface area contributed by atoms with Crippen LogP contribution in [0.5, 0.6) is 0 Å². The second-order valence-electron chi connectivity index (χ2n) is 6.50. The molecule has 2 rings (SSSR count). The maximum atomic E-state index is 11.4. The van der Waals surface area contributed by atoms with Gasteiger partial charge in [0, 0.05) is 6.42 Å². The van der Waals surface area contributed by atoms with Gasteiger partial charge in [0.05, 0.1) is 18.8 Å². The van der Waals surface area contributed by atoms with Gasteiger partial charge in [-0.2, -0.15) is 0 Å². The van der Waals surface area contributed by atoms with E-state index in [-0.39, 0.29) is 18.8 Å². The molecule has 3 nitrogen and oxygen atoms in total. The van der Waals surface area contributed by atoms with Crippen molar-refractivity contribution in [2.24, 2.45) is 0 Å². The number of aryl methyl sites for hydroxylation is 1. The number of aliphatic hydroxyl groups excluding tert-OH is 1. The van der Waals surface area contributed by atoms with Crippen LogP contribution < -0.4 is 0 Å².